The van der Waals surface area contributed by atoms with Gasteiger partial charge in [-0.1, -0.05) is 0 Å². The van der Waals surface area contributed by atoms with E-state index in [9.17, 15) is 0 Å². The highest BCUT2D eigenvalue weighted by atomic mass is 32.1. The van der Waals surface area contributed by atoms with Gasteiger partial charge in [0.05, 0.1) is 5.01 Å². The zero-order valence-electron chi connectivity index (χ0n) is 8.33. The van der Waals surface area contributed by atoms with Gasteiger partial charge in [0.15, 0.2) is 0 Å². The molecule has 1 atom stereocenters. The van der Waals surface area contributed by atoms with Gasteiger partial charge >= 0.3 is 0 Å². The van der Waals surface area contributed by atoms with E-state index in [0.29, 0.717) is 5.54 Å². The van der Waals surface area contributed by atoms with Crippen molar-refractivity contribution in [3.05, 3.63) is 16.6 Å². The van der Waals surface area contributed by atoms with E-state index in [4.69, 9.17) is 0 Å². The Morgan fingerprint density at radius 2 is 2.50 bits per heavy atom. The quantitative estimate of drug-likeness (QED) is 0.824. The topological polar surface area (TPSA) is 24.9 Å². The van der Waals surface area contributed by atoms with Gasteiger partial charge in [-0.15, -0.1) is 11.3 Å². The molecule has 0 spiro atoms. The molecule has 1 N–H and O–H groups in total. The van der Waals surface area contributed by atoms with Crippen LogP contribution in [0.2, 0.25) is 0 Å². The summed E-state index contributed by atoms with van der Waals surface area (Å²) in [5, 5.41) is 7.14. The summed E-state index contributed by atoms with van der Waals surface area (Å²) < 4.78 is 0. The summed E-state index contributed by atoms with van der Waals surface area (Å²) in [6, 6.07) is 0. The van der Waals surface area contributed by atoms with Crippen molar-refractivity contribution < 1.29 is 0 Å². The number of rotatable bonds is 3. The van der Waals surface area contributed by atoms with Gasteiger partial charge in [-0.3, -0.25) is 0 Å². The van der Waals surface area contributed by atoms with E-state index in [0.717, 1.165) is 12.3 Å². The molecule has 0 aromatic carbocycles. The van der Waals surface area contributed by atoms with Crippen molar-refractivity contribution >= 4 is 11.3 Å². The molecule has 76 valence electrons. The second kappa shape index (κ2) is 3.31. The highest BCUT2D eigenvalue weighted by Gasteiger charge is 2.46. The maximum Gasteiger partial charge on any atom is 0.0943 e. The summed E-state index contributed by atoms with van der Waals surface area (Å²) in [5.41, 5.74) is 0.428. The largest absolute Gasteiger partial charge is 0.311 e. The molecule has 0 amide bonds. The molecule has 2 aliphatic rings. The van der Waals surface area contributed by atoms with Crippen molar-refractivity contribution in [1.82, 2.24) is 10.3 Å². The molecule has 3 heteroatoms. The molecule has 0 radical (unpaired) electrons. The average molecular weight is 208 g/mol. The summed E-state index contributed by atoms with van der Waals surface area (Å²) in [4.78, 5) is 4.41. The Balaban J connectivity index is 1.79. The van der Waals surface area contributed by atoms with Gasteiger partial charge in [0, 0.05) is 23.5 Å². The van der Waals surface area contributed by atoms with Crippen LogP contribution in [0.25, 0.3) is 0 Å². The fourth-order valence-corrected chi connectivity index (χ4v) is 3.46. The summed E-state index contributed by atoms with van der Waals surface area (Å²) in [6.07, 6.45) is 8.65. The van der Waals surface area contributed by atoms with Crippen molar-refractivity contribution in [2.75, 3.05) is 6.54 Å². The third-order valence-electron chi connectivity index (χ3n) is 3.59. The molecule has 1 saturated carbocycles. The maximum absolute atomic E-state index is 4.41. The predicted molar refractivity (Wildman–Crippen MR) is 58.5 cm³/mol. The lowest BCUT2D eigenvalue weighted by Crippen LogP contribution is -2.44. The molecular formula is C11H16N2S. The van der Waals surface area contributed by atoms with E-state index in [1.807, 2.05) is 6.20 Å². The molecule has 1 aromatic rings. The standard InChI is InChI=1S/C11H16N2S/c1-4-11(13-5-1,9-2-3-9)8-10-12-6-7-14-10/h6-7,9,13H,1-5,8H2. The van der Waals surface area contributed by atoms with Crippen LogP contribution in [-0.4, -0.2) is 17.1 Å². The van der Waals surface area contributed by atoms with Gasteiger partial charge < -0.3 is 5.32 Å². The van der Waals surface area contributed by atoms with E-state index in [2.05, 4.69) is 15.7 Å². The van der Waals surface area contributed by atoms with E-state index in [1.54, 1.807) is 11.3 Å². The first-order valence-corrected chi connectivity index (χ1v) is 6.40. The van der Waals surface area contributed by atoms with Crippen molar-refractivity contribution in [3.8, 4) is 0 Å². The van der Waals surface area contributed by atoms with Crippen LogP contribution in [0, 0.1) is 5.92 Å². The van der Waals surface area contributed by atoms with Crippen molar-refractivity contribution in [1.29, 1.82) is 0 Å². The van der Waals surface area contributed by atoms with Gasteiger partial charge in [-0.05, 0) is 38.1 Å². The summed E-state index contributed by atoms with van der Waals surface area (Å²) >= 11 is 1.80. The van der Waals surface area contributed by atoms with Crippen molar-refractivity contribution in [3.63, 3.8) is 0 Å². The Kier molecular flexibility index (Phi) is 2.10. The molecule has 3 rings (SSSR count). The monoisotopic (exact) mass is 208 g/mol. The maximum atomic E-state index is 4.41. The van der Waals surface area contributed by atoms with Crippen LogP contribution >= 0.6 is 11.3 Å². The van der Waals surface area contributed by atoms with Gasteiger partial charge in [-0.25, -0.2) is 4.98 Å². The second-order valence-corrected chi connectivity index (χ2v) is 5.54. The van der Waals surface area contributed by atoms with Crippen LogP contribution in [0.1, 0.15) is 30.7 Å². The smallest absolute Gasteiger partial charge is 0.0943 e. The highest BCUT2D eigenvalue weighted by Crippen LogP contribution is 2.45. The Morgan fingerprint density at radius 1 is 1.57 bits per heavy atom. The third kappa shape index (κ3) is 1.48. The Hall–Kier alpha value is -0.410. The zero-order valence-corrected chi connectivity index (χ0v) is 9.15. The summed E-state index contributed by atoms with van der Waals surface area (Å²) in [5.74, 6) is 0.939. The first-order chi connectivity index (χ1) is 6.89. The Labute approximate surface area is 88.7 Å². The van der Waals surface area contributed by atoms with Crippen LogP contribution in [0.15, 0.2) is 11.6 Å². The second-order valence-electron chi connectivity index (χ2n) is 4.56. The number of aromatic nitrogens is 1. The lowest BCUT2D eigenvalue weighted by molar-refractivity contribution is 0.323. The highest BCUT2D eigenvalue weighted by molar-refractivity contribution is 7.09. The Bertz CT molecular complexity index is 297. The first kappa shape index (κ1) is 8.86. The van der Waals surface area contributed by atoms with Crippen LogP contribution in [-0.2, 0) is 6.42 Å². The number of thiazole rings is 1. The lowest BCUT2D eigenvalue weighted by Gasteiger charge is -2.28. The summed E-state index contributed by atoms with van der Waals surface area (Å²) in [7, 11) is 0. The molecule has 2 heterocycles. The molecular weight excluding hydrogens is 192 g/mol. The van der Waals surface area contributed by atoms with Crippen molar-refractivity contribution in [2.45, 2.75) is 37.6 Å². The molecule has 0 bridgehead atoms. The fraction of sp³-hybridized carbons (Fsp3) is 0.727. The number of hydrogen-bond donors (Lipinski definition) is 1. The number of nitrogens with zero attached hydrogens (tertiary/aromatic N) is 1. The Morgan fingerprint density at radius 3 is 3.07 bits per heavy atom. The van der Waals surface area contributed by atoms with Crippen LogP contribution in [0.5, 0.6) is 0 Å². The van der Waals surface area contributed by atoms with Crippen LogP contribution < -0.4 is 5.32 Å². The number of hydrogen-bond acceptors (Lipinski definition) is 3. The van der Waals surface area contributed by atoms with Gasteiger partial charge in [-0.2, -0.15) is 0 Å². The lowest BCUT2D eigenvalue weighted by atomic mass is 9.88. The molecule has 2 fully saturated rings. The SMILES string of the molecule is c1csc(CC2(C3CC3)CCCN2)n1. The minimum Gasteiger partial charge on any atom is -0.311 e. The van der Waals surface area contributed by atoms with Crippen LogP contribution in [0.4, 0.5) is 0 Å². The molecule has 1 saturated heterocycles. The fourth-order valence-electron chi connectivity index (χ4n) is 2.72. The van der Waals surface area contributed by atoms with Gasteiger partial charge in [0.25, 0.3) is 0 Å². The molecule has 1 aromatic heterocycles. The van der Waals surface area contributed by atoms with Gasteiger partial charge in [0.1, 0.15) is 0 Å². The molecule has 1 aliphatic carbocycles. The minimum absolute atomic E-state index is 0.428. The molecule has 1 unspecified atom stereocenters. The molecule has 1 aliphatic heterocycles. The van der Waals surface area contributed by atoms with E-state index >= 15 is 0 Å². The molecule has 14 heavy (non-hydrogen) atoms. The van der Waals surface area contributed by atoms with E-state index < -0.39 is 0 Å². The van der Waals surface area contributed by atoms with Crippen molar-refractivity contribution in [2.24, 2.45) is 5.92 Å². The zero-order chi connectivity index (χ0) is 9.43. The summed E-state index contributed by atoms with van der Waals surface area (Å²) in [6.45, 7) is 1.21. The molecule has 2 nitrogen and oxygen atoms in total. The first-order valence-electron chi connectivity index (χ1n) is 5.52. The van der Waals surface area contributed by atoms with Gasteiger partial charge in [0.2, 0.25) is 0 Å². The third-order valence-corrected chi connectivity index (χ3v) is 4.37. The normalized spacial score (nSPS) is 32.3. The minimum atomic E-state index is 0.428. The van der Waals surface area contributed by atoms with E-state index in [-0.39, 0.29) is 0 Å². The van der Waals surface area contributed by atoms with Crippen LogP contribution in [0.3, 0.4) is 0 Å². The van der Waals surface area contributed by atoms with E-state index in [1.165, 1.54) is 37.2 Å². The predicted octanol–water partition coefficient (Wildman–Crippen LogP) is 2.22. The average Bonchev–Trinajstić information content (AvgIpc) is 2.76. The number of nitrogens with one attached hydrogen (secondary N) is 1.